The zero-order valence-electron chi connectivity index (χ0n) is 8.59. The number of unbranched alkanes of at least 4 members (excludes halogenated alkanes) is 1. The Bertz CT molecular complexity index is 184. The van der Waals surface area contributed by atoms with Crippen LogP contribution in [-0.2, 0) is 4.79 Å². The van der Waals surface area contributed by atoms with E-state index >= 15 is 0 Å². The highest BCUT2D eigenvalue weighted by atomic mass is 16.1. The lowest BCUT2D eigenvalue weighted by Crippen LogP contribution is -2.26. The minimum Gasteiger partial charge on any atom is -0.299 e. The van der Waals surface area contributed by atoms with E-state index in [0.717, 1.165) is 12.8 Å². The Morgan fingerprint density at radius 3 is 3.00 bits per heavy atom. The number of Topliss-reactive ketones (excluding diaryl/α,β-unsaturated/α-hetero) is 1. The first-order valence-electron chi connectivity index (χ1n) is 5.44. The van der Waals surface area contributed by atoms with E-state index in [9.17, 15) is 4.79 Å². The van der Waals surface area contributed by atoms with Crippen molar-refractivity contribution in [3.8, 4) is 0 Å². The number of hydrogen-bond acceptors (Lipinski definition) is 1. The van der Waals surface area contributed by atoms with E-state index in [0.29, 0.717) is 11.7 Å². The average Bonchev–Trinajstić information content (AvgIpc) is 2.15. The number of allylic oxidation sites excluding steroid dienone is 1. The van der Waals surface area contributed by atoms with Gasteiger partial charge in [-0.3, -0.25) is 4.79 Å². The van der Waals surface area contributed by atoms with Crippen molar-refractivity contribution in [2.24, 2.45) is 11.8 Å². The minimum absolute atomic E-state index is 0.167. The van der Waals surface area contributed by atoms with Gasteiger partial charge < -0.3 is 0 Å². The van der Waals surface area contributed by atoms with Crippen LogP contribution in [-0.4, -0.2) is 5.78 Å². The molecule has 0 amide bonds. The van der Waals surface area contributed by atoms with Crippen LogP contribution in [0.25, 0.3) is 0 Å². The largest absolute Gasteiger partial charge is 0.299 e. The standard InChI is InChI=1S/C12H20O/c1-3-5-7-10-8-6-9-12(13)11(10)4-2/h4,10-11H,2-3,5-9H2,1H3/t10-,11+/m0/s1. The molecule has 1 fully saturated rings. The Kier molecular flexibility index (Phi) is 4.20. The third-order valence-electron chi connectivity index (χ3n) is 3.06. The summed E-state index contributed by atoms with van der Waals surface area (Å²) in [4.78, 5) is 11.5. The second-order valence-corrected chi connectivity index (χ2v) is 4.02. The van der Waals surface area contributed by atoms with Gasteiger partial charge in [-0.1, -0.05) is 25.8 Å². The summed E-state index contributed by atoms with van der Waals surface area (Å²) in [7, 11) is 0. The molecule has 0 unspecified atom stereocenters. The summed E-state index contributed by atoms with van der Waals surface area (Å²) in [5.74, 6) is 1.18. The van der Waals surface area contributed by atoms with E-state index in [1.165, 1.54) is 25.7 Å². The molecule has 13 heavy (non-hydrogen) atoms. The molecule has 0 spiro atoms. The molecule has 0 aromatic heterocycles. The molecule has 1 nitrogen and oxygen atoms in total. The maximum atomic E-state index is 11.5. The molecule has 74 valence electrons. The third kappa shape index (κ3) is 2.68. The van der Waals surface area contributed by atoms with Gasteiger partial charge in [-0.15, -0.1) is 6.58 Å². The average molecular weight is 180 g/mol. The van der Waals surface area contributed by atoms with E-state index in [1.54, 1.807) is 0 Å². The number of carbonyl (C=O) groups is 1. The molecule has 1 heteroatoms. The maximum Gasteiger partial charge on any atom is 0.139 e. The van der Waals surface area contributed by atoms with Gasteiger partial charge in [0.1, 0.15) is 5.78 Å². The lowest BCUT2D eigenvalue weighted by atomic mass is 9.76. The van der Waals surface area contributed by atoms with Crippen LogP contribution in [0.1, 0.15) is 45.4 Å². The van der Waals surface area contributed by atoms with Crippen molar-refractivity contribution in [3.05, 3.63) is 12.7 Å². The predicted molar refractivity (Wildman–Crippen MR) is 55.6 cm³/mol. The Morgan fingerprint density at radius 2 is 2.38 bits per heavy atom. The zero-order valence-corrected chi connectivity index (χ0v) is 8.59. The Morgan fingerprint density at radius 1 is 1.62 bits per heavy atom. The van der Waals surface area contributed by atoms with Crippen LogP contribution in [0.3, 0.4) is 0 Å². The summed E-state index contributed by atoms with van der Waals surface area (Å²) >= 11 is 0. The van der Waals surface area contributed by atoms with Crippen molar-refractivity contribution >= 4 is 5.78 Å². The van der Waals surface area contributed by atoms with Crippen LogP contribution in [0.2, 0.25) is 0 Å². The summed E-state index contributed by atoms with van der Waals surface area (Å²) in [5.41, 5.74) is 0. The molecule has 1 saturated carbocycles. The number of carbonyl (C=O) groups excluding carboxylic acids is 1. The van der Waals surface area contributed by atoms with Gasteiger partial charge in [0.25, 0.3) is 0 Å². The highest BCUT2D eigenvalue weighted by molar-refractivity contribution is 5.83. The summed E-state index contributed by atoms with van der Waals surface area (Å²) in [6, 6.07) is 0. The third-order valence-corrected chi connectivity index (χ3v) is 3.06. The van der Waals surface area contributed by atoms with Crippen molar-refractivity contribution in [2.75, 3.05) is 0 Å². The number of rotatable bonds is 4. The molecule has 0 heterocycles. The van der Waals surface area contributed by atoms with Crippen molar-refractivity contribution < 1.29 is 4.79 Å². The van der Waals surface area contributed by atoms with E-state index < -0.39 is 0 Å². The van der Waals surface area contributed by atoms with Gasteiger partial charge in [-0.05, 0) is 25.2 Å². The molecule has 0 aromatic rings. The summed E-state index contributed by atoms with van der Waals surface area (Å²) < 4.78 is 0. The zero-order chi connectivity index (χ0) is 9.68. The molecular weight excluding hydrogens is 160 g/mol. The van der Waals surface area contributed by atoms with Gasteiger partial charge in [0.05, 0.1) is 0 Å². The fraction of sp³-hybridized carbons (Fsp3) is 0.750. The molecule has 0 aromatic carbocycles. The molecule has 1 aliphatic rings. The summed E-state index contributed by atoms with van der Waals surface area (Å²) in [6.45, 7) is 5.97. The molecule has 0 N–H and O–H groups in total. The molecule has 2 atom stereocenters. The Balaban J connectivity index is 2.49. The van der Waals surface area contributed by atoms with Crippen molar-refractivity contribution in [3.63, 3.8) is 0 Å². The van der Waals surface area contributed by atoms with Crippen LogP contribution < -0.4 is 0 Å². The van der Waals surface area contributed by atoms with E-state index in [2.05, 4.69) is 13.5 Å². The van der Waals surface area contributed by atoms with Gasteiger partial charge in [0.2, 0.25) is 0 Å². The van der Waals surface area contributed by atoms with Crippen molar-refractivity contribution in [1.29, 1.82) is 0 Å². The van der Waals surface area contributed by atoms with Gasteiger partial charge in [-0.2, -0.15) is 0 Å². The SMILES string of the molecule is C=C[C@H]1C(=O)CCC[C@@H]1CCCC. The van der Waals surface area contributed by atoms with Crippen LogP contribution in [0.15, 0.2) is 12.7 Å². The second-order valence-electron chi connectivity index (χ2n) is 4.02. The van der Waals surface area contributed by atoms with Crippen LogP contribution in [0.5, 0.6) is 0 Å². The monoisotopic (exact) mass is 180 g/mol. The van der Waals surface area contributed by atoms with Gasteiger partial charge in [0.15, 0.2) is 0 Å². The quantitative estimate of drug-likeness (QED) is 0.606. The predicted octanol–water partition coefficient (Wildman–Crippen LogP) is 3.35. The summed E-state index contributed by atoms with van der Waals surface area (Å²) in [6.07, 6.45) is 8.65. The van der Waals surface area contributed by atoms with Gasteiger partial charge >= 0.3 is 0 Å². The summed E-state index contributed by atoms with van der Waals surface area (Å²) in [5, 5.41) is 0. The van der Waals surface area contributed by atoms with E-state index in [4.69, 9.17) is 0 Å². The lowest BCUT2D eigenvalue weighted by Gasteiger charge is -2.27. The van der Waals surface area contributed by atoms with E-state index in [1.807, 2.05) is 6.08 Å². The fourth-order valence-corrected chi connectivity index (χ4v) is 2.26. The minimum atomic E-state index is 0.167. The van der Waals surface area contributed by atoms with Crippen molar-refractivity contribution in [2.45, 2.75) is 45.4 Å². The molecule has 1 aliphatic carbocycles. The second kappa shape index (κ2) is 5.21. The van der Waals surface area contributed by atoms with Gasteiger partial charge in [-0.25, -0.2) is 0 Å². The first-order chi connectivity index (χ1) is 6.29. The topological polar surface area (TPSA) is 17.1 Å². The smallest absolute Gasteiger partial charge is 0.139 e. The number of ketones is 1. The molecule has 0 saturated heterocycles. The van der Waals surface area contributed by atoms with E-state index in [-0.39, 0.29) is 5.92 Å². The molecule has 0 aliphatic heterocycles. The fourth-order valence-electron chi connectivity index (χ4n) is 2.26. The molecule has 0 radical (unpaired) electrons. The highest BCUT2D eigenvalue weighted by Crippen LogP contribution is 2.31. The maximum absolute atomic E-state index is 11.5. The Labute approximate surface area is 81.2 Å². The lowest BCUT2D eigenvalue weighted by molar-refractivity contribution is -0.124. The first kappa shape index (κ1) is 10.5. The van der Waals surface area contributed by atoms with Crippen molar-refractivity contribution in [1.82, 2.24) is 0 Å². The molecular formula is C12H20O. The molecule has 0 bridgehead atoms. The van der Waals surface area contributed by atoms with Crippen LogP contribution in [0, 0.1) is 11.8 Å². The van der Waals surface area contributed by atoms with Crippen LogP contribution >= 0.6 is 0 Å². The highest BCUT2D eigenvalue weighted by Gasteiger charge is 2.28. The first-order valence-corrected chi connectivity index (χ1v) is 5.44. The normalized spacial score (nSPS) is 28.8. The molecule has 1 rings (SSSR count). The van der Waals surface area contributed by atoms with Gasteiger partial charge in [0, 0.05) is 12.3 Å². The Hall–Kier alpha value is -0.590. The number of hydrogen-bond donors (Lipinski definition) is 0. The van der Waals surface area contributed by atoms with Crippen LogP contribution in [0.4, 0.5) is 0 Å².